The Morgan fingerprint density at radius 1 is 1.29 bits per heavy atom. The van der Waals surface area contributed by atoms with Gasteiger partial charge in [-0.15, -0.1) is 0 Å². The van der Waals surface area contributed by atoms with Gasteiger partial charge in [-0.2, -0.15) is 13.2 Å². The number of fused-ring (bicyclic) bond motifs is 1. The largest absolute Gasteiger partial charge is 0.501 e. The molecule has 24 heavy (non-hydrogen) atoms. The van der Waals surface area contributed by atoms with Crippen LogP contribution in [0.5, 0.6) is 0 Å². The number of oxime groups is 1. The van der Waals surface area contributed by atoms with Crippen molar-refractivity contribution in [1.29, 1.82) is 0 Å². The summed E-state index contributed by atoms with van der Waals surface area (Å²) < 4.78 is 51.0. The van der Waals surface area contributed by atoms with Crippen LogP contribution in [0, 0.1) is 5.92 Å². The lowest BCUT2D eigenvalue weighted by atomic mass is 9.88. The van der Waals surface area contributed by atoms with Gasteiger partial charge in [0.05, 0.1) is 18.8 Å². The summed E-state index contributed by atoms with van der Waals surface area (Å²) in [4.78, 5) is 5.45. The van der Waals surface area contributed by atoms with Gasteiger partial charge in [-0.05, 0) is 30.6 Å². The van der Waals surface area contributed by atoms with Crippen LogP contribution in [0.1, 0.15) is 40.5 Å². The highest BCUT2D eigenvalue weighted by Gasteiger charge is 2.56. The van der Waals surface area contributed by atoms with Gasteiger partial charge < -0.3 is 14.0 Å². The van der Waals surface area contributed by atoms with Crippen molar-refractivity contribution in [3.05, 3.63) is 11.8 Å². The summed E-state index contributed by atoms with van der Waals surface area (Å²) in [6.45, 7) is 12.3. The van der Waals surface area contributed by atoms with Crippen molar-refractivity contribution in [1.82, 2.24) is 0 Å². The molecule has 0 saturated heterocycles. The molecule has 0 aromatic heterocycles. The van der Waals surface area contributed by atoms with E-state index in [9.17, 15) is 13.2 Å². The van der Waals surface area contributed by atoms with Crippen LogP contribution in [0.4, 0.5) is 13.2 Å². The highest BCUT2D eigenvalue weighted by molar-refractivity contribution is 6.74. The fraction of sp³-hybridized carbons (Fsp3) is 0.812. The third-order valence-electron chi connectivity index (χ3n) is 5.04. The molecule has 0 fully saturated rings. The van der Waals surface area contributed by atoms with Crippen molar-refractivity contribution < 1.29 is 27.2 Å². The molecule has 0 saturated carbocycles. The summed E-state index contributed by atoms with van der Waals surface area (Å²) in [6.07, 6.45) is -2.85. The zero-order valence-electron chi connectivity index (χ0n) is 15.1. The highest BCUT2D eigenvalue weighted by Crippen LogP contribution is 2.47. The number of alkyl halides is 3. The van der Waals surface area contributed by atoms with Crippen LogP contribution in [0.25, 0.3) is 0 Å². The Kier molecular flexibility index (Phi) is 4.87. The lowest BCUT2D eigenvalue weighted by Gasteiger charge is -2.47. The van der Waals surface area contributed by atoms with Crippen LogP contribution in [-0.4, -0.2) is 32.6 Å². The molecule has 2 aliphatic heterocycles. The number of halogens is 3. The Morgan fingerprint density at radius 2 is 1.92 bits per heavy atom. The van der Waals surface area contributed by atoms with Crippen molar-refractivity contribution in [2.75, 3.05) is 6.61 Å². The van der Waals surface area contributed by atoms with E-state index < -0.39 is 31.9 Å². The van der Waals surface area contributed by atoms with E-state index in [2.05, 4.69) is 39.0 Å². The molecular weight excluding hydrogens is 339 g/mol. The molecule has 8 heteroatoms. The Balaban J connectivity index is 2.40. The van der Waals surface area contributed by atoms with Crippen LogP contribution in [-0.2, 0) is 14.0 Å². The van der Waals surface area contributed by atoms with E-state index in [0.717, 1.165) is 5.57 Å². The molecule has 0 amide bonds. The van der Waals surface area contributed by atoms with Gasteiger partial charge >= 0.3 is 6.18 Å². The summed E-state index contributed by atoms with van der Waals surface area (Å²) in [7, 11) is -2.29. The number of hydrogen-bond acceptors (Lipinski definition) is 4. The maximum absolute atomic E-state index is 13.0. The molecule has 2 aliphatic rings. The molecule has 0 aromatic carbocycles. The fourth-order valence-corrected chi connectivity index (χ4v) is 4.07. The van der Waals surface area contributed by atoms with E-state index in [1.165, 1.54) is 0 Å². The van der Waals surface area contributed by atoms with Crippen molar-refractivity contribution in [2.24, 2.45) is 11.1 Å². The van der Waals surface area contributed by atoms with Crippen LogP contribution < -0.4 is 0 Å². The summed E-state index contributed by atoms with van der Waals surface area (Å²) in [6, 6.07) is 0. The zero-order chi connectivity index (χ0) is 18.4. The molecular formula is C16H26F3NO3Si. The summed E-state index contributed by atoms with van der Waals surface area (Å²) in [5.74, 6) is -1.76. The number of nitrogens with zero attached hydrogens (tertiary/aromatic N) is 1. The zero-order valence-corrected chi connectivity index (χ0v) is 16.1. The first-order chi connectivity index (χ1) is 10.8. The molecule has 2 unspecified atom stereocenters. The molecule has 4 nitrogen and oxygen atoms in total. The Morgan fingerprint density at radius 3 is 2.46 bits per heavy atom. The molecule has 0 radical (unpaired) electrons. The molecule has 2 rings (SSSR count). The predicted molar refractivity (Wildman–Crippen MR) is 88.0 cm³/mol. The molecule has 2 atom stereocenters. The van der Waals surface area contributed by atoms with Gasteiger partial charge in [-0.3, -0.25) is 0 Å². The molecule has 138 valence electrons. The second-order valence-electron chi connectivity index (χ2n) is 8.18. The second-order valence-corrected chi connectivity index (χ2v) is 12.9. The first kappa shape index (κ1) is 19.3. The quantitative estimate of drug-likeness (QED) is 0.648. The van der Waals surface area contributed by atoms with E-state index in [1.807, 2.05) is 6.92 Å². The van der Waals surface area contributed by atoms with Crippen molar-refractivity contribution in [2.45, 2.75) is 70.6 Å². The molecule has 0 aromatic rings. The van der Waals surface area contributed by atoms with Crippen molar-refractivity contribution >= 4 is 14.0 Å². The van der Waals surface area contributed by atoms with E-state index in [4.69, 9.17) is 14.0 Å². The fourth-order valence-electron chi connectivity index (χ4n) is 2.62. The lowest BCUT2D eigenvalue weighted by molar-refractivity contribution is -0.238. The second kappa shape index (κ2) is 6.05. The van der Waals surface area contributed by atoms with Crippen molar-refractivity contribution in [3.8, 4) is 0 Å². The van der Waals surface area contributed by atoms with E-state index >= 15 is 0 Å². The predicted octanol–water partition coefficient (Wildman–Crippen LogP) is 4.98. The van der Waals surface area contributed by atoms with Gasteiger partial charge in [-0.25, -0.2) is 0 Å². The first-order valence-corrected chi connectivity index (χ1v) is 11.0. The Labute approximate surface area is 142 Å². The summed E-state index contributed by atoms with van der Waals surface area (Å²) in [5.41, 5.74) is -0.0491. The summed E-state index contributed by atoms with van der Waals surface area (Å²) in [5, 5.41) is 3.30. The van der Waals surface area contributed by atoms with Gasteiger partial charge in [0.1, 0.15) is 0 Å². The van der Waals surface area contributed by atoms with Crippen molar-refractivity contribution in [3.63, 3.8) is 0 Å². The Hall–Kier alpha value is -1.02. The van der Waals surface area contributed by atoms with Crippen LogP contribution in [0.3, 0.4) is 0 Å². The third-order valence-corrected chi connectivity index (χ3v) is 9.51. The Bertz CT molecular complexity index is 552. The number of hydrogen-bond donors (Lipinski definition) is 0. The van der Waals surface area contributed by atoms with Crippen LogP contribution >= 0.6 is 0 Å². The normalized spacial score (nSPS) is 28.8. The van der Waals surface area contributed by atoms with Gasteiger partial charge in [0.2, 0.25) is 5.79 Å². The smallest absolute Gasteiger partial charge is 0.432 e. The summed E-state index contributed by atoms with van der Waals surface area (Å²) >= 11 is 0. The topological polar surface area (TPSA) is 40.0 Å². The van der Waals surface area contributed by atoms with Gasteiger partial charge in [-0.1, -0.05) is 25.9 Å². The van der Waals surface area contributed by atoms with E-state index in [0.29, 0.717) is 6.42 Å². The van der Waals surface area contributed by atoms with Crippen LogP contribution in [0.2, 0.25) is 18.1 Å². The number of ether oxygens (including phenoxy) is 1. The average Bonchev–Trinajstić information content (AvgIpc) is 2.52. The van der Waals surface area contributed by atoms with Gasteiger partial charge in [0, 0.05) is 12.8 Å². The standard InChI is InChI=1S/C16H26F3NO3Si/c1-11-8-15(23-24(5,6)14(2,3)4)12(10-21-9-11)7-13(20-22-15)16(17,18)19/h9,12H,7-8,10H2,1-6H3. The van der Waals surface area contributed by atoms with E-state index in [1.54, 1.807) is 6.26 Å². The third kappa shape index (κ3) is 3.79. The maximum Gasteiger partial charge on any atom is 0.432 e. The minimum Gasteiger partial charge on any atom is -0.501 e. The molecule has 2 heterocycles. The average molecular weight is 365 g/mol. The van der Waals surface area contributed by atoms with Gasteiger partial charge in [0.25, 0.3) is 0 Å². The molecule has 0 bridgehead atoms. The molecule has 0 N–H and O–H groups in total. The minimum absolute atomic E-state index is 0.103. The molecule has 0 spiro atoms. The monoisotopic (exact) mass is 365 g/mol. The molecule has 0 aliphatic carbocycles. The first-order valence-electron chi connectivity index (χ1n) is 8.06. The van der Waals surface area contributed by atoms with Crippen LogP contribution in [0.15, 0.2) is 17.0 Å². The van der Waals surface area contributed by atoms with Gasteiger partial charge in [0.15, 0.2) is 14.0 Å². The maximum atomic E-state index is 13.0. The SMILES string of the molecule is CC1=COCC2CC(C(F)(F)F)=NOC2(O[Si](C)(C)C(C)(C)C)C1. The number of rotatable bonds is 2. The lowest BCUT2D eigenvalue weighted by Crippen LogP contribution is -2.57. The van der Waals surface area contributed by atoms with E-state index in [-0.39, 0.29) is 18.1 Å². The minimum atomic E-state index is -4.50. The highest BCUT2D eigenvalue weighted by atomic mass is 28.4.